The Morgan fingerprint density at radius 2 is 2.50 bits per heavy atom. The quantitative estimate of drug-likeness (QED) is 0.724. The molecule has 0 radical (unpaired) electrons. The van der Waals surface area contributed by atoms with Crippen LogP contribution in [0, 0.1) is 0 Å². The number of likely N-dealkylation sites (N-methyl/N-ethyl adjacent to an activating group) is 1. The SMILES string of the molecule is CNCC(OC)c1cccnc1. The zero-order valence-electron chi connectivity index (χ0n) is 7.45. The van der Waals surface area contributed by atoms with E-state index >= 15 is 0 Å². The van der Waals surface area contributed by atoms with Gasteiger partial charge in [0.05, 0.1) is 6.10 Å². The molecule has 1 rings (SSSR count). The highest BCUT2D eigenvalue weighted by atomic mass is 16.5. The predicted octanol–water partition coefficient (Wildman–Crippen LogP) is 0.989. The molecule has 1 N–H and O–H groups in total. The second kappa shape index (κ2) is 4.85. The minimum Gasteiger partial charge on any atom is -0.375 e. The standard InChI is InChI=1S/C9H14N2O/c1-10-7-9(12-2)8-4-3-5-11-6-8/h3-6,9-10H,7H2,1-2H3. The van der Waals surface area contributed by atoms with Crippen LogP contribution >= 0.6 is 0 Å². The van der Waals surface area contributed by atoms with Gasteiger partial charge in [0, 0.05) is 31.6 Å². The number of nitrogens with one attached hydrogen (secondary N) is 1. The van der Waals surface area contributed by atoms with E-state index in [0.29, 0.717) is 0 Å². The van der Waals surface area contributed by atoms with Crippen LogP contribution in [0.2, 0.25) is 0 Å². The zero-order valence-corrected chi connectivity index (χ0v) is 7.45. The summed E-state index contributed by atoms with van der Waals surface area (Å²) in [5.74, 6) is 0. The van der Waals surface area contributed by atoms with Gasteiger partial charge in [-0.2, -0.15) is 0 Å². The third-order valence-corrected chi connectivity index (χ3v) is 1.73. The van der Waals surface area contributed by atoms with Crippen LogP contribution in [0.5, 0.6) is 0 Å². The Morgan fingerprint density at radius 3 is 3.00 bits per heavy atom. The molecule has 1 aromatic heterocycles. The van der Waals surface area contributed by atoms with Gasteiger partial charge in [-0.15, -0.1) is 0 Å². The van der Waals surface area contributed by atoms with Crippen LogP contribution in [0.1, 0.15) is 11.7 Å². The van der Waals surface area contributed by atoms with E-state index in [1.165, 1.54) is 0 Å². The highest BCUT2D eigenvalue weighted by Gasteiger charge is 2.07. The lowest BCUT2D eigenvalue weighted by atomic mass is 10.1. The van der Waals surface area contributed by atoms with Gasteiger partial charge < -0.3 is 10.1 Å². The lowest BCUT2D eigenvalue weighted by Crippen LogP contribution is -2.18. The van der Waals surface area contributed by atoms with E-state index in [0.717, 1.165) is 12.1 Å². The maximum atomic E-state index is 5.27. The summed E-state index contributed by atoms with van der Waals surface area (Å²) in [5.41, 5.74) is 1.11. The van der Waals surface area contributed by atoms with Gasteiger partial charge in [0.25, 0.3) is 0 Å². The number of ether oxygens (including phenoxy) is 1. The molecule has 3 nitrogen and oxygen atoms in total. The minimum atomic E-state index is 0.101. The first kappa shape index (κ1) is 9.16. The number of hydrogen-bond donors (Lipinski definition) is 1. The van der Waals surface area contributed by atoms with Crippen LogP contribution in [0.3, 0.4) is 0 Å². The van der Waals surface area contributed by atoms with Crippen LogP contribution in [0.25, 0.3) is 0 Å². The van der Waals surface area contributed by atoms with Crippen LogP contribution in [-0.2, 0) is 4.74 Å². The van der Waals surface area contributed by atoms with Crippen molar-refractivity contribution in [3.8, 4) is 0 Å². The fraction of sp³-hybridized carbons (Fsp3) is 0.444. The Kier molecular flexibility index (Phi) is 3.70. The van der Waals surface area contributed by atoms with Crippen LogP contribution < -0.4 is 5.32 Å². The van der Waals surface area contributed by atoms with Gasteiger partial charge in [-0.3, -0.25) is 4.98 Å². The molecule has 0 bridgehead atoms. The summed E-state index contributed by atoms with van der Waals surface area (Å²) in [6, 6.07) is 3.93. The van der Waals surface area contributed by atoms with E-state index < -0.39 is 0 Å². The minimum absolute atomic E-state index is 0.101. The molecule has 12 heavy (non-hydrogen) atoms. The largest absolute Gasteiger partial charge is 0.375 e. The van der Waals surface area contributed by atoms with E-state index in [-0.39, 0.29) is 6.10 Å². The Hall–Kier alpha value is -0.930. The van der Waals surface area contributed by atoms with E-state index in [1.54, 1.807) is 13.3 Å². The fourth-order valence-corrected chi connectivity index (χ4v) is 1.09. The molecule has 0 amide bonds. The Labute approximate surface area is 72.8 Å². The highest BCUT2D eigenvalue weighted by Crippen LogP contribution is 2.13. The van der Waals surface area contributed by atoms with E-state index in [1.807, 2.05) is 25.4 Å². The predicted molar refractivity (Wildman–Crippen MR) is 47.9 cm³/mol. The average molecular weight is 166 g/mol. The molecule has 3 heteroatoms. The monoisotopic (exact) mass is 166 g/mol. The molecule has 0 aromatic carbocycles. The number of rotatable bonds is 4. The Morgan fingerprint density at radius 1 is 1.67 bits per heavy atom. The molecule has 0 saturated heterocycles. The van der Waals surface area contributed by atoms with Crippen molar-refractivity contribution in [3.63, 3.8) is 0 Å². The molecule has 0 spiro atoms. The van der Waals surface area contributed by atoms with E-state index in [4.69, 9.17) is 4.74 Å². The average Bonchev–Trinajstić information content (AvgIpc) is 2.15. The summed E-state index contributed by atoms with van der Waals surface area (Å²) in [4.78, 5) is 4.03. The third kappa shape index (κ3) is 2.29. The highest BCUT2D eigenvalue weighted by molar-refractivity contribution is 5.12. The molecule has 66 valence electrons. The number of methoxy groups -OCH3 is 1. The molecular formula is C9H14N2O. The molecule has 0 aliphatic heterocycles. The van der Waals surface area contributed by atoms with Gasteiger partial charge in [0.15, 0.2) is 0 Å². The summed E-state index contributed by atoms with van der Waals surface area (Å²) in [7, 11) is 3.61. The van der Waals surface area contributed by atoms with Gasteiger partial charge in [-0.25, -0.2) is 0 Å². The summed E-state index contributed by atoms with van der Waals surface area (Å²) in [5, 5.41) is 3.06. The van der Waals surface area contributed by atoms with Crippen LogP contribution in [-0.4, -0.2) is 25.7 Å². The summed E-state index contributed by atoms with van der Waals surface area (Å²) in [6.07, 6.45) is 3.69. The molecule has 0 aliphatic carbocycles. The lowest BCUT2D eigenvalue weighted by molar-refractivity contribution is 0.104. The lowest BCUT2D eigenvalue weighted by Gasteiger charge is -2.13. The van der Waals surface area contributed by atoms with Gasteiger partial charge >= 0.3 is 0 Å². The van der Waals surface area contributed by atoms with Gasteiger partial charge in [-0.1, -0.05) is 6.07 Å². The first-order valence-electron chi connectivity index (χ1n) is 3.95. The first-order chi connectivity index (χ1) is 5.88. The van der Waals surface area contributed by atoms with Crippen molar-refractivity contribution in [1.82, 2.24) is 10.3 Å². The number of pyridine rings is 1. The molecule has 0 aliphatic rings. The van der Waals surface area contributed by atoms with Crippen molar-refractivity contribution in [2.45, 2.75) is 6.10 Å². The van der Waals surface area contributed by atoms with Crippen molar-refractivity contribution >= 4 is 0 Å². The van der Waals surface area contributed by atoms with Crippen molar-refractivity contribution < 1.29 is 4.74 Å². The molecular weight excluding hydrogens is 152 g/mol. The second-order valence-corrected chi connectivity index (χ2v) is 2.57. The van der Waals surface area contributed by atoms with Gasteiger partial charge in [0.2, 0.25) is 0 Å². The van der Waals surface area contributed by atoms with Crippen molar-refractivity contribution in [2.75, 3.05) is 20.7 Å². The molecule has 0 fully saturated rings. The van der Waals surface area contributed by atoms with Crippen LogP contribution in [0.4, 0.5) is 0 Å². The normalized spacial score (nSPS) is 12.8. The molecule has 1 atom stereocenters. The second-order valence-electron chi connectivity index (χ2n) is 2.57. The number of aromatic nitrogens is 1. The maximum absolute atomic E-state index is 5.27. The molecule has 1 heterocycles. The van der Waals surface area contributed by atoms with Crippen molar-refractivity contribution in [1.29, 1.82) is 0 Å². The Bertz CT molecular complexity index is 213. The zero-order chi connectivity index (χ0) is 8.81. The number of nitrogens with zero attached hydrogens (tertiary/aromatic N) is 1. The van der Waals surface area contributed by atoms with Crippen molar-refractivity contribution in [2.24, 2.45) is 0 Å². The smallest absolute Gasteiger partial charge is 0.0960 e. The van der Waals surface area contributed by atoms with Crippen molar-refractivity contribution in [3.05, 3.63) is 30.1 Å². The Balaban J connectivity index is 2.66. The molecule has 0 saturated carbocycles. The topological polar surface area (TPSA) is 34.1 Å². The molecule has 1 unspecified atom stereocenters. The first-order valence-corrected chi connectivity index (χ1v) is 3.95. The third-order valence-electron chi connectivity index (χ3n) is 1.73. The summed E-state index contributed by atoms with van der Waals surface area (Å²) >= 11 is 0. The van der Waals surface area contributed by atoms with E-state index in [2.05, 4.69) is 10.3 Å². The fourth-order valence-electron chi connectivity index (χ4n) is 1.09. The summed E-state index contributed by atoms with van der Waals surface area (Å²) < 4.78 is 5.27. The molecule has 1 aromatic rings. The van der Waals surface area contributed by atoms with Crippen LogP contribution in [0.15, 0.2) is 24.5 Å². The van der Waals surface area contributed by atoms with E-state index in [9.17, 15) is 0 Å². The maximum Gasteiger partial charge on any atom is 0.0960 e. The summed E-state index contributed by atoms with van der Waals surface area (Å²) in [6.45, 7) is 0.808. The van der Waals surface area contributed by atoms with Gasteiger partial charge in [-0.05, 0) is 13.1 Å². The number of hydrogen-bond acceptors (Lipinski definition) is 3. The van der Waals surface area contributed by atoms with Gasteiger partial charge in [0.1, 0.15) is 0 Å².